The van der Waals surface area contributed by atoms with Crippen LogP contribution >= 0.6 is 0 Å². The van der Waals surface area contributed by atoms with Gasteiger partial charge in [-0.2, -0.15) is 0 Å². The van der Waals surface area contributed by atoms with Gasteiger partial charge in [-0.25, -0.2) is 0 Å². The number of esters is 1. The maximum atomic E-state index is 12.7. The fraction of sp³-hybridized carbons (Fsp3) is 0.650. The van der Waals surface area contributed by atoms with Crippen molar-refractivity contribution >= 4 is 17.6 Å². The summed E-state index contributed by atoms with van der Waals surface area (Å²) in [6.07, 6.45) is 13.4. The van der Waals surface area contributed by atoms with Gasteiger partial charge in [0.25, 0.3) is 5.91 Å². The SMILES string of the molecule is CCCCCCCCN(CCCCCCCC)C[C@H]1O[C@@H](c2cccc(NC(=O)[C@H](C)OC(C)=O)c2)O[C@@H](c2ccc(CO)cc2)[C@H]1C. The van der Waals surface area contributed by atoms with E-state index in [1.165, 1.54) is 84.0 Å². The van der Waals surface area contributed by atoms with Crippen LogP contribution in [0.5, 0.6) is 0 Å². The van der Waals surface area contributed by atoms with Crippen molar-refractivity contribution in [3.63, 3.8) is 0 Å². The van der Waals surface area contributed by atoms with E-state index in [4.69, 9.17) is 14.2 Å². The highest BCUT2D eigenvalue weighted by Crippen LogP contribution is 2.42. The molecule has 8 nitrogen and oxygen atoms in total. The second-order valence-corrected chi connectivity index (χ2v) is 13.5. The maximum absolute atomic E-state index is 12.7. The Balaban J connectivity index is 1.80. The zero-order chi connectivity index (χ0) is 34.7. The lowest BCUT2D eigenvalue weighted by Crippen LogP contribution is -2.45. The minimum absolute atomic E-state index is 0.00382. The second-order valence-electron chi connectivity index (χ2n) is 13.5. The Labute approximate surface area is 289 Å². The molecule has 1 saturated heterocycles. The molecule has 0 bridgehead atoms. The molecular formula is C40H62N2O6. The summed E-state index contributed by atoms with van der Waals surface area (Å²) in [5, 5.41) is 12.5. The molecule has 268 valence electrons. The largest absolute Gasteiger partial charge is 0.453 e. The van der Waals surface area contributed by atoms with Gasteiger partial charge in [0.1, 0.15) is 0 Å². The average Bonchev–Trinajstić information content (AvgIpc) is 3.08. The van der Waals surface area contributed by atoms with Crippen LogP contribution in [0.4, 0.5) is 5.69 Å². The van der Waals surface area contributed by atoms with Gasteiger partial charge in [-0.05, 0) is 56.1 Å². The van der Waals surface area contributed by atoms with Crippen molar-refractivity contribution in [3.05, 3.63) is 65.2 Å². The number of hydrogen-bond donors (Lipinski definition) is 2. The van der Waals surface area contributed by atoms with Crippen LogP contribution in [-0.2, 0) is 30.4 Å². The van der Waals surface area contributed by atoms with Gasteiger partial charge in [-0.15, -0.1) is 0 Å². The number of rotatable bonds is 22. The zero-order valence-electron chi connectivity index (χ0n) is 30.3. The molecular weight excluding hydrogens is 604 g/mol. The van der Waals surface area contributed by atoms with Crippen LogP contribution in [0.2, 0.25) is 0 Å². The van der Waals surface area contributed by atoms with E-state index in [0.29, 0.717) is 5.69 Å². The molecule has 0 saturated carbocycles. The molecule has 1 aliphatic heterocycles. The van der Waals surface area contributed by atoms with Crippen LogP contribution in [0.25, 0.3) is 0 Å². The Hall–Kier alpha value is -2.78. The highest BCUT2D eigenvalue weighted by atomic mass is 16.7. The van der Waals surface area contributed by atoms with Crippen LogP contribution in [0.15, 0.2) is 48.5 Å². The van der Waals surface area contributed by atoms with Crippen molar-refractivity contribution in [1.82, 2.24) is 4.90 Å². The van der Waals surface area contributed by atoms with Crippen molar-refractivity contribution in [3.8, 4) is 0 Å². The van der Waals surface area contributed by atoms with Gasteiger partial charge in [0, 0.05) is 30.6 Å². The molecule has 1 heterocycles. The van der Waals surface area contributed by atoms with Gasteiger partial charge in [0.15, 0.2) is 12.4 Å². The fourth-order valence-electron chi connectivity index (χ4n) is 6.42. The number of anilines is 1. The fourth-order valence-corrected chi connectivity index (χ4v) is 6.42. The van der Waals surface area contributed by atoms with E-state index in [1.807, 2.05) is 42.5 Å². The van der Waals surface area contributed by atoms with E-state index in [0.717, 1.165) is 36.3 Å². The Kier molecular flexibility index (Phi) is 18.2. The Morgan fingerprint density at radius 3 is 2.04 bits per heavy atom. The Morgan fingerprint density at radius 1 is 0.854 bits per heavy atom. The number of unbranched alkanes of at least 4 members (excludes halogenated alkanes) is 10. The third kappa shape index (κ3) is 13.6. The predicted octanol–water partition coefficient (Wildman–Crippen LogP) is 8.88. The van der Waals surface area contributed by atoms with Crippen LogP contribution in [0.1, 0.15) is 141 Å². The summed E-state index contributed by atoms with van der Waals surface area (Å²) in [4.78, 5) is 26.7. The van der Waals surface area contributed by atoms with Gasteiger partial charge in [-0.1, -0.05) is 121 Å². The first kappa shape index (κ1) is 39.7. The monoisotopic (exact) mass is 666 g/mol. The normalized spacial score (nSPS) is 20.1. The molecule has 5 atom stereocenters. The highest BCUT2D eigenvalue weighted by molar-refractivity contribution is 5.95. The molecule has 1 fully saturated rings. The lowest BCUT2D eigenvalue weighted by Gasteiger charge is -2.43. The number of amides is 1. The predicted molar refractivity (Wildman–Crippen MR) is 192 cm³/mol. The number of carbonyl (C=O) groups is 2. The molecule has 1 aliphatic rings. The van der Waals surface area contributed by atoms with Crippen LogP contribution in [0.3, 0.4) is 0 Å². The van der Waals surface area contributed by atoms with E-state index in [2.05, 4.69) is 31.0 Å². The Morgan fingerprint density at radius 2 is 1.46 bits per heavy atom. The van der Waals surface area contributed by atoms with E-state index in [-0.39, 0.29) is 24.7 Å². The van der Waals surface area contributed by atoms with Crippen LogP contribution < -0.4 is 5.32 Å². The minimum atomic E-state index is -0.908. The highest BCUT2D eigenvalue weighted by Gasteiger charge is 2.39. The third-order valence-corrected chi connectivity index (χ3v) is 9.36. The van der Waals surface area contributed by atoms with Crippen LogP contribution in [0, 0.1) is 5.92 Å². The molecule has 8 heteroatoms. The minimum Gasteiger partial charge on any atom is -0.453 e. The summed E-state index contributed by atoms with van der Waals surface area (Å²) < 4.78 is 18.6. The standard InChI is InChI=1S/C40H62N2O6/c1-6-8-10-12-14-16-25-42(26-17-15-13-11-9-7-2)28-37-30(3)38(34-23-21-33(29-43)22-24-34)48-40(47-37)35-19-18-20-36(27-35)41-39(45)31(4)46-32(5)44/h18-24,27,30-31,37-38,40,43H,6-17,25-26,28-29H2,1-5H3,(H,41,45)/t30-,31-,37+,38+,40+/m0/s1. The van der Waals surface area contributed by atoms with Crippen molar-refractivity contribution in [1.29, 1.82) is 0 Å². The van der Waals surface area contributed by atoms with Gasteiger partial charge in [0.05, 0.1) is 18.8 Å². The average molecular weight is 667 g/mol. The molecule has 0 aromatic heterocycles. The molecule has 1 amide bonds. The van der Waals surface area contributed by atoms with E-state index < -0.39 is 24.3 Å². The number of ether oxygens (including phenoxy) is 3. The van der Waals surface area contributed by atoms with Gasteiger partial charge < -0.3 is 29.5 Å². The molecule has 2 aromatic rings. The van der Waals surface area contributed by atoms with Crippen molar-refractivity contribution in [2.45, 2.75) is 143 Å². The Bertz CT molecular complexity index is 1190. The first-order valence-electron chi connectivity index (χ1n) is 18.6. The molecule has 3 rings (SSSR count). The summed E-state index contributed by atoms with van der Waals surface area (Å²) in [6.45, 7) is 12.5. The number of carbonyl (C=O) groups excluding carboxylic acids is 2. The van der Waals surface area contributed by atoms with Crippen molar-refractivity contribution in [2.24, 2.45) is 5.92 Å². The summed E-state index contributed by atoms with van der Waals surface area (Å²) >= 11 is 0. The zero-order valence-corrected chi connectivity index (χ0v) is 30.3. The number of hydrogen-bond acceptors (Lipinski definition) is 7. The van der Waals surface area contributed by atoms with Gasteiger partial charge in [-0.3, -0.25) is 9.59 Å². The lowest BCUT2D eigenvalue weighted by molar-refractivity contribution is -0.276. The van der Waals surface area contributed by atoms with E-state index in [9.17, 15) is 14.7 Å². The molecule has 2 aromatic carbocycles. The smallest absolute Gasteiger partial charge is 0.303 e. The second kappa shape index (κ2) is 22.0. The van der Waals surface area contributed by atoms with Crippen molar-refractivity contribution < 1.29 is 28.9 Å². The summed E-state index contributed by atoms with van der Waals surface area (Å²) in [7, 11) is 0. The first-order chi connectivity index (χ1) is 23.2. The van der Waals surface area contributed by atoms with E-state index >= 15 is 0 Å². The number of nitrogens with zero attached hydrogens (tertiary/aromatic N) is 1. The lowest BCUT2D eigenvalue weighted by atomic mass is 9.90. The number of benzene rings is 2. The molecule has 48 heavy (non-hydrogen) atoms. The third-order valence-electron chi connectivity index (χ3n) is 9.36. The molecule has 0 spiro atoms. The molecule has 0 radical (unpaired) electrons. The molecule has 2 N–H and O–H groups in total. The van der Waals surface area contributed by atoms with E-state index in [1.54, 1.807) is 13.0 Å². The quantitative estimate of drug-likeness (QED) is 0.0957. The van der Waals surface area contributed by atoms with Crippen LogP contribution in [-0.4, -0.2) is 53.7 Å². The summed E-state index contributed by atoms with van der Waals surface area (Å²) in [5.41, 5.74) is 3.30. The molecule has 0 unspecified atom stereocenters. The molecule has 0 aliphatic carbocycles. The number of nitrogens with one attached hydrogen (secondary N) is 1. The number of aliphatic hydroxyl groups is 1. The number of aliphatic hydroxyl groups excluding tert-OH is 1. The maximum Gasteiger partial charge on any atom is 0.303 e. The topological polar surface area (TPSA) is 97.3 Å². The van der Waals surface area contributed by atoms with Gasteiger partial charge >= 0.3 is 5.97 Å². The van der Waals surface area contributed by atoms with Gasteiger partial charge in [0.2, 0.25) is 0 Å². The summed E-state index contributed by atoms with van der Waals surface area (Å²) in [6, 6.07) is 15.5. The summed E-state index contributed by atoms with van der Waals surface area (Å²) in [5.74, 6) is -0.817. The van der Waals surface area contributed by atoms with Crippen molar-refractivity contribution in [2.75, 3.05) is 25.0 Å². The first-order valence-corrected chi connectivity index (χ1v) is 18.6.